The molecule has 2 aromatic rings. The highest BCUT2D eigenvalue weighted by molar-refractivity contribution is 7.89. The first-order valence-corrected chi connectivity index (χ1v) is 9.80. The first kappa shape index (κ1) is 18.6. The van der Waals surface area contributed by atoms with E-state index >= 15 is 0 Å². The summed E-state index contributed by atoms with van der Waals surface area (Å²) < 4.78 is 37.5. The summed E-state index contributed by atoms with van der Waals surface area (Å²) in [5.41, 5.74) is 1.09. The normalized spacial score (nSPS) is 15.8. The molecule has 3 rings (SSSR count). The minimum Gasteiger partial charge on any atom is -0.467 e. The van der Waals surface area contributed by atoms with Gasteiger partial charge in [-0.25, -0.2) is 8.42 Å². The average molecular weight is 378 g/mol. The standard InChI is InChI=1S/C18H22N2O5S/c1-14-5-6-16(26(22,23)20-7-10-24-11-8-20)12-17(14)18(21)19(2)13-15-4-3-9-25-15/h3-6,9,12H,7-8,10-11,13H2,1-2H3. The molecule has 0 aliphatic carbocycles. The van der Waals surface area contributed by atoms with Gasteiger partial charge in [0.1, 0.15) is 5.76 Å². The number of ether oxygens (including phenoxy) is 1. The summed E-state index contributed by atoms with van der Waals surface area (Å²) in [5, 5.41) is 0. The lowest BCUT2D eigenvalue weighted by Crippen LogP contribution is -2.40. The van der Waals surface area contributed by atoms with E-state index in [0.29, 0.717) is 44.2 Å². The van der Waals surface area contributed by atoms with Crippen molar-refractivity contribution >= 4 is 15.9 Å². The molecule has 0 atom stereocenters. The number of sulfonamides is 1. The Morgan fingerprint density at radius 2 is 1.96 bits per heavy atom. The van der Waals surface area contributed by atoms with Crippen molar-refractivity contribution in [2.24, 2.45) is 0 Å². The summed E-state index contributed by atoms with van der Waals surface area (Å²) in [6.07, 6.45) is 1.55. The van der Waals surface area contributed by atoms with Crippen molar-refractivity contribution in [1.29, 1.82) is 0 Å². The van der Waals surface area contributed by atoms with E-state index < -0.39 is 10.0 Å². The van der Waals surface area contributed by atoms with Crippen molar-refractivity contribution in [3.63, 3.8) is 0 Å². The van der Waals surface area contributed by atoms with Crippen LogP contribution in [0.3, 0.4) is 0 Å². The molecule has 0 bridgehead atoms. The van der Waals surface area contributed by atoms with Gasteiger partial charge in [0.25, 0.3) is 5.91 Å². The number of carbonyl (C=O) groups excluding carboxylic acids is 1. The van der Waals surface area contributed by atoms with E-state index in [2.05, 4.69) is 0 Å². The number of rotatable bonds is 5. The van der Waals surface area contributed by atoms with Gasteiger partial charge in [0, 0.05) is 25.7 Å². The van der Waals surface area contributed by atoms with E-state index in [1.54, 1.807) is 44.5 Å². The number of morpholine rings is 1. The fourth-order valence-electron chi connectivity index (χ4n) is 2.84. The number of hydrogen-bond acceptors (Lipinski definition) is 5. The molecule has 0 unspecified atom stereocenters. The maximum Gasteiger partial charge on any atom is 0.254 e. The van der Waals surface area contributed by atoms with Gasteiger partial charge in [0.05, 0.1) is 30.9 Å². The number of amides is 1. The van der Waals surface area contributed by atoms with Gasteiger partial charge in [-0.15, -0.1) is 0 Å². The Balaban J connectivity index is 1.86. The Morgan fingerprint density at radius 3 is 2.62 bits per heavy atom. The minimum atomic E-state index is -3.65. The van der Waals surface area contributed by atoms with Gasteiger partial charge >= 0.3 is 0 Å². The highest BCUT2D eigenvalue weighted by Gasteiger charge is 2.28. The highest BCUT2D eigenvalue weighted by atomic mass is 32.2. The first-order valence-electron chi connectivity index (χ1n) is 8.36. The number of benzene rings is 1. The second-order valence-electron chi connectivity index (χ2n) is 6.23. The number of nitrogens with zero attached hydrogens (tertiary/aromatic N) is 2. The SMILES string of the molecule is Cc1ccc(S(=O)(=O)N2CCOCC2)cc1C(=O)N(C)Cc1ccco1. The molecule has 0 spiro atoms. The van der Waals surface area contributed by atoms with Crippen molar-refractivity contribution < 1.29 is 22.4 Å². The van der Waals surface area contributed by atoms with E-state index in [4.69, 9.17) is 9.15 Å². The molecule has 1 aromatic heterocycles. The van der Waals surface area contributed by atoms with Gasteiger partial charge in [-0.2, -0.15) is 4.31 Å². The third-order valence-corrected chi connectivity index (χ3v) is 6.26. The lowest BCUT2D eigenvalue weighted by atomic mass is 10.1. The van der Waals surface area contributed by atoms with Crippen LogP contribution >= 0.6 is 0 Å². The van der Waals surface area contributed by atoms with Crippen LogP contribution in [0.1, 0.15) is 21.7 Å². The summed E-state index contributed by atoms with van der Waals surface area (Å²) >= 11 is 0. The molecular formula is C18H22N2O5S. The monoisotopic (exact) mass is 378 g/mol. The molecule has 1 aliphatic rings. The topological polar surface area (TPSA) is 80.1 Å². The fourth-order valence-corrected chi connectivity index (χ4v) is 4.28. The smallest absolute Gasteiger partial charge is 0.254 e. The van der Waals surface area contributed by atoms with Gasteiger partial charge in [-0.3, -0.25) is 4.79 Å². The van der Waals surface area contributed by atoms with Crippen molar-refractivity contribution in [3.05, 3.63) is 53.5 Å². The third-order valence-electron chi connectivity index (χ3n) is 4.37. The van der Waals surface area contributed by atoms with Gasteiger partial charge < -0.3 is 14.1 Å². The van der Waals surface area contributed by atoms with E-state index in [0.717, 1.165) is 5.56 Å². The maximum atomic E-state index is 12.8. The lowest BCUT2D eigenvalue weighted by Gasteiger charge is -2.26. The number of aryl methyl sites for hydroxylation is 1. The Labute approximate surface area is 153 Å². The molecule has 140 valence electrons. The van der Waals surface area contributed by atoms with Crippen molar-refractivity contribution in [2.75, 3.05) is 33.4 Å². The van der Waals surface area contributed by atoms with Gasteiger partial charge in [0.2, 0.25) is 10.0 Å². The molecule has 1 saturated heterocycles. The maximum absolute atomic E-state index is 12.8. The fraction of sp³-hybridized carbons (Fsp3) is 0.389. The van der Waals surface area contributed by atoms with E-state index in [-0.39, 0.29) is 10.8 Å². The van der Waals surface area contributed by atoms with Gasteiger partial charge in [0.15, 0.2) is 0 Å². The van der Waals surface area contributed by atoms with Crippen molar-refractivity contribution in [1.82, 2.24) is 9.21 Å². The molecule has 2 heterocycles. The molecule has 7 nitrogen and oxygen atoms in total. The predicted octanol–water partition coefficient (Wildman–Crippen LogP) is 1.88. The number of hydrogen-bond donors (Lipinski definition) is 0. The molecular weight excluding hydrogens is 356 g/mol. The van der Waals surface area contributed by atoms with Crippen LogP contribution in [-0.4, -0.2) is 56.9 Å². The molecule has 1 aliphatic heterocycles. The van der Waals surface area contributed by atoms with Crippen molar-refractivity contribution in [2.45, 2.75) is 18.4 Å². The molecule has 1 aromatic carbocycles. The van der Waals surface area contributed by atoms with Crippen LogP contribution in [-0.2, 0) is 21.3 Å². The Hall–Kier alpha value is -2.16. The summed E-state index contributed by atoms with van der Waals surface area (Å²) in [6, 6.07) is 8.22. The molecule has 0 radical (unpaired) electrons. The summed E-state index contributed by atoms with van der Waals surface area (Å²) in [7, 11) is -1.99. The van der Waals surface area contributed by atoms with Crippen LogP contribution in [0.2, 0.25) is 0 Å². The molecule has 26 heavy (non-hydrogen) atoms. The molecule has 1 fully saturated rings. The van der Waals surface area contributed by atoms with Gasteiger partial charge in [-0.05, 0) is 36.8 Å². The number of furan rings is 1. The second-order valence-corrected chi connectivity index (χ2v) is 8.17. The Morgan fingerprint density at radius 1 is 1.23 bits per heavy atom. The van der Waals surface area contributed by atoms with Crippen LogP contribution in [0.5, 0.6) is 0 Å². The highest BCUT2D eigenvalue weighted by Crippen LogP contribution is 2.22. The molecule has 0 N–H and O–H groups in total. The summed E-state index contributed by atoms with van der Waals surface area (Å²) in [6.45, 7) is 3.49. The van der Waals surface area contributed by atoms with Crippen LogP contribution in [0.4, 0.5) is 0 Å². The zero-order valence-electron chi connectivity index (χ0n) is 14.8. The van der Waals surface area contributed by atoms with Crippen LogP contribution in [0.25, 0.3) is 0 Å². The first-order chi connectivity index (χ1) is 12.4. The Bertz CT molecular complexity index is 871. The number of carbonyl (C=O) groups is 1. The zero-order chi connectivity index (χ0) is 18.7. The van der Waals surface area contributed by atoms with E-state index in [9.17, 15) is 13.2 Å². The van der Waals surface area contributed by atoms with Crippen molar-refractivity contribution in [3.8, 4) is 0 Å². The predicted molar refractivity (Wildman–Crippen MR) is 95.3 cm³/mol. The van der Waals surface area contributed by atoms with E-state index in [1.807, 2.05) is 0 Å². The molecule has 1 amide bonds. The summed E-state index contributed by atoms with van der Waals surface area (Å²) in [4.78, 5) is 14.4. The Kier molecular flexibility index (Phi) is 5.45. The summed E-state index contributed by atoms with van der Waals surface area (Å²) in [5.74, 6) is 0.411. The third kappa shape index (κ3) is 3.82. The van der Waals surface area contributed by atoms with Gasteiger partial charge in [-0.1, -0.05) is 6.07 Å². The minimum absolute atomic E-state index is 0.125. The largest absolute Gasteiger partial charge is 0.467 e. The average Bonchev–Trinajstić information content (AvgIpc) is 3.15. The van der Waals surface area contributed by atoms with Crippen LogP contribution < -0.4 is 0 Å². The zero-order valence-corrected chi connectivity index (χ0v) is 15.7. The lowest BCUT2D eigenvalue weighted by molar-refractivity contribution is 0.0730. The van der Waals surface area contributed by atoms with Crippen LogP contribution in [0.15, 0.2) is 45.9 Å². The quantitative estimate of drug-likeness (QED) is 0.794. The van der Waals surface area contributed by atoms with E-state index in [1.165, 1.54) is 15.3 Å². The second kappa shape index (κ2) is 7.61. The molecule has 0 saturated carbocycles. The van der Waals surface area contributed by atoms with Crippen LogP contribution in [0, 0.1) is 6.92 Å². The molecule has 8 heteroatoms.